The number of rotatable bonds is 6. The number of ether oxygens (including phenoxy) is 1. The minimum atomic E-state index is -0.256. The molecule has 0 heterocycles. The smallest absolute Gasteiger partial charge is 0.319 e. The molecule has 0 atom stereocenters. The van der Waals surface area contributed by atoms with Gasteiger partial charge >= 0.3 is 12.0 Å². The summed E-state index contributed by atoms with van der Waals surface area (Å²) in [5.41, 5.74) is 2.92. The van der Waals surface area contributed by atoms with Crippen molar-refractivity contribution in [3.05, 3.63) is 29.3 Å². The summed E-state index contributed by atoms with van der Waals surface area (Å²) in [5, 5.41) is 5.71. The third-order valence-corrected chi connectivity index (χ3v) is 3.47. The Kier molecular flexibility index (Phi) is 7.07. The Morgan fingerprint density at radius 1 is 1.22 bits per heavy atom. The molecule has 0 aliphatic rings. The van der Waals surface area contributed by atoms with Crippen molar-refractivity contribution in [1.82, 2.24) is 5.32 Å². The van der Waals surface area contributed by atoms with Crippen molar-refractivity contribution in [2.45, 2.75) is 52.9 Å². The molecule has 0 aliphatic heterocycles. The van der Waals surface area contributed by atoms with Crippen LogP contribution in [-0.4, -0.2) is 25.2 Å². The Labute approximate surface area is 138 Å². The molecule has 0 spiro atoms. The Morgan fingerprint density at radius 3 is 2.52 bits per heavy atom. The Bertz CT molecular complexity index is 548. The molecule has 128 valence electrons. The van der Waals surface area contributed by atoms with Gasteiger partial charge in [0.15, 0.2) is 0 Å². The highest BCUT2D eigenvalue weighted by atomic mass is 16.5. The lowest BCUT2D eigenvalue weighted by molar-refractivity contribution is -0.143. The van der Waals surface area contributed by atoms with Gasteiger partial charge in [-0.1, -0.05) is 39.0 Å². The molecule has 0 unspecified atom stereocenters. The van der Waals surface area contributed by atoms with Gasteiger partial charge in [0.1, 0.15) is 0 Å². The van der Waals surface area contributed by atoms with E-state index in [1.807, 2.05) is 25.1 Å². The van der Waals surface area contributed by atoms with Crippen LogP contribution >= 0.6 is 0 Å². The number of carbonyl (C=O) groups is 2. The molecule has 2 amide bonds. The molecule has 0 saturated carbocycles. The monoisotopic (exact) mass is 320 g/mol. The van der Waals surface area contributed by atoms with Gasteiger partial charge in [0, 0.05) is 18.7 Å². The normalized spacial score (nSPS) is 11.0. The number of anilines is 1. The number of esters is 1. The van der Waals surface area contributed by atoms with Gasteiger partial charge in [-0.3, -0.25) is 4.79 Å². The number of aryl methyl sites for hydroxylation is 1. The molecule has 0 radical (unpaired) electrons. The van der Waals surface area contributed by atoms with Gasteiger partial charge in [0.2, 0.25) is 0 Å². The second-order valence-corrected chi connectivity index (χ2v) is 6.54. The molecule has 1 aromatic rings. The first-order chi connectivity index (χ1) is 10.8. The average Bonchev–Trinajstić information content (AvgIpc) is 2.45. The molecule has 0 bridgehead atoms. The Hall–Kier alpha value is -2.04. The second-order valence-electron chi connectivity index (χ2n) is 6.54. The summed E-state index contributed by atoms with van der Waals surface area (Å²) < 4.78 is 4.85. The first kappa shape index (κ1) is 19.0. The van der Waals surface area contributed by atoms with Gasteiger partial charge in [-0.05, 0) is 36.8 Å². The average molecular weight is 320 g/mol. The largest absolute Gasteiger partial charge is 0.466 e. The van der Waals surface area contributed by atoms with E-state index in [4.69, 9.17) is 4.74 Å². The maximum absolute atomic E-state index is 12.1. The molecule has 0 saturated heterocycles. The summed E-state index contributed by atoms with van der Waals surface area (Å²) in [5.74, 6) is -0.233. The van der Waals surface area contributed by atoms with Crippen LogP contribution in [0.5, 0.6) is 0 Å². The first-order valence-corrected chi connectivity index (χ1v) is 8.06. The van der Waals surface area contributed by atoms with Gasteiger partial charge in [-0.2, -0.15) is 0 Å². The lowest BCUT2D eigenvalue weighted by Gasteiger charge is -2.24. The second kappa shape index (κ2) is 8.56. The van der Waals surface area contributed by atoms with E-state index < -0.39 is 0 Å². The van der Waals surface area contributed by atoms with Crippen LogP contribution in [0.1, 0.15) is 51.7 Å². The van der Waals surface area contributed by atoms with Crippen molar-refractivity contribution in [1.29, 1.82) is 0 Å². The first-order valence-electron chi connectivity index (χ1n) is 8.06. The maximum Gasteiger partial charge on any atom is 0.319 e. The third kappa shape index (κ3) is 6.30. The Balaban J connectivity index is 2.57. The summed E-state index contributed by atoms with van der Waals surface area (Å²) in [4.78, 5) is 23.3. The summed E-state index contributed by atoms with van der Waals surface area (Å²) in [6.07, 6.45) is 0.873. The van der Waals surface area contributed by atoms with E-state index in [-0.39, 0.29) is 17.4 Å². The van der Waals surface area contributed by atoms with E-state index in [0.717, 1.165) is 16.8 Å². The molecule has 2 N–H and O–H groups in total. The van der Waals surface area contributed by atoms with Crippen molar-refractivity contribution in [2.75, 3.05) is 18.5 Å². The minimum Gasteiger partial charge on any atom is -0.466 e. The molecule has 0 aliphatic carbocycles. The standard InChI is InChI=1S/C18H28N2O3/c1-6-23-15(21)11-8-12-19-17(22)20-16-13(2)9-7-10-14(16)18(3,4)5/h7,9-10H,6,8,11-12H2,1-5H3,(H2,19,20,22). The Morgan fingerprint density at radius 2 is 1.91 bits per heavy atom. The molecular formula is C18H28N2O3. The van der Waals surface area contributed by atoms with Crippen molar-refractivity contribution in [2.24, 2.45) is 0 Å². The SMILES string of the molecule is CCOC(=O)CCCNC(=O)Nc1c(C)cccc1C(C)(C)C. The molecule has 23 heavy (non-hydrogen) atoms. The highest BCUT2D eigenvalue weighted by molar-refractivity contribution is 5.91. The summed E-state index contributed by atoms with van der Waals surface area (Å²) in [6.45, 7) is 10.9. The fourth-order valence-corrected chi connectivity index (χ4v) is 2.28. The van der Waals surface area contributed by atoms with Gasteiger partial charge in [0.05, 0.1) is 6.61 Å². The molecule has 1 rings (SSSR count). The van der Waals surface area contributed by atoms with E-state index in [2.05, 4.69) is 31.4 Å². The zero-order valence-corrected chi connectivity index (χ0v) is 14.8. The molecule has 1 aromatic carbocycles. The number of urea groups is 1. The van der Waals surface area contributed by atoms with Crippen LogP contribution in [0.15, 0.2) is 18.2 Å². The van der Waals surface area contributed by atoms with Crippen molar-refractivity contribution < 1.29 is 14.3 Å². The molecule has 5 heteroatoms. The highest BCUT2D eigenvalue weighted by Crippen LogP contribution is 2.31. The van der Waals surface area contributed by atoms with Crippen LogP contribution in [0.3, 0.4) is 0 Å². The molecular weight excluding hydrogens is 292 g/mol. The van der Waals surface area contributed by atoms with Gasteiger partial charge in [0.25, 0.3) is 0 Å². The topological polar surface area (TPSA) is 67.4 Å². The van der Waals surface area contributed by atoms with E-state index >= 15 is 0 Å². The van der Waals surface area contributed by atoms with Crippen LogP contribution in [0.2, 0.25) is 0 Å². The van der Waals surface area contributed by atoms with Gasteiger partial charge in [-0.25, -0.2) is 4.79 Å². The van der Waals surface area contributed by atoms with Crippen LogP contribution in [0.25, 0.3) is 0 Å². The number of para-hydroxylation sites is 1. The van der Waals surface area contributed by atoms with Crippen LogP contribution in [-0.2, 0) is 14.9 Å². The van der Waals surface area contributed by atoms with Crippen molar-refractivity contribution in [3.63, 3.8) is 0 Å². The lowest BCUT2D eigenvalue weighted by Crippen LogP contribution is -2.31. The fourth-order valence-electron chi connectivity index (χ4n) is 2.28. The number of hydrogen-bond acceptors (Lipinski definition) is 3. The van der Waals surface area contributed by atoms with Gasteiger partial charge < -0.3 is 15.4 Å². The van der Waals surface area contributed by atoms with E-state index in [1.54, 1.807) is 6.92 Å². The van der Waals surface area contributed by atoms with Crippen molar-refractivity contribution >= 4 is 17.7 Å². The highest BCUT2D eigenvalue weighted by Gasteiger charge is 2.20. The van der Waals surface area contributed by atoms with Crippen molar-refractivity contribution in [3.8, 4) is 0 Å². The number of carbonyl (C=O) groups excluding carboxylic acids is 2. The van der Waals surface area contributed by atoms with Crippen LogP contribution < -0.4 is 10.6 Å². The van der Waals surface area contributed by atoms with E-state index in [1.165, 1.54) is 0 Å². The minimum absolute atomic E-state index is 0.0570. The van der Waals surface area contributed by atoms with Crippen LogP contribution in [0, 0.1) is 6.92 Å². The van der Waals surface area contributed by atoms with Crippen LogP contribution in [0.4, 0.5) is 10.5 Å². The number of amides is 2. The zero-order chi connectivity index (χ0) is 17.5. The predicted octanol–water partition coefficient (Wildman–Crippen LogP) is 3.76. The summed E-state index contributed by atoms with van der Waals surface area (Å²) in [6, 6.07) is 5.75. The number of nitrogens with one attached hydrogen (secondary N) is 2. The quantitative estimate of drug-likeness (QED) is 0.619. The maximum atomic E-state index is 12.1. The van der Waals surface area contributed by atoms with Gasteiger partial charge in [-0.15, -0.1) is 0 Å². The number of benzene rings is 1. The molecule has 0 fully saturated rings. The number of hydrogen-bond donors (Lipinski definition) is 2. The fraction of sp³-hybridized carbons (Fsp3) is 0.556. The lowest BCUT2D eigenvalue weighted by atomic mass is 9.84. The predicted molar refractivity (Wildman–Crippen MR) is 92.8 cm³/mol. The zero-order valence-electron chi connectivity index (χ0n) is 14.8. The summed E-state index contributed by atoms with van der Waals surface area (Å²) >= 11 is 0. The molecule has 0 aromatic heterocycles. The third-order valence-electron chi connectivity index (χ3n) is 3.47. The van der Waals surface area contributed by atoms with E-state index in [0.29, 0.717) is 26.0 Å². The summed E-state index contributed by atoms with van der Waals surface area (Å²) in [7, 11) is 0. The van der Waals surface area contributed by atoms with E-state index in [9.17, 15) is 9.59 Å². The molecule has 5 nitrogen and oxygen atoms in total.